The molecular weight excluding hydrogens is 378 g/mol. The van der Waals surface area contributed by atoms with Crippen LogP contribution < -0.4 is 4.90 Å². The van der Waals surface area contributed by atoms with Gasteiger partial charge in [-0.2, -0.15) is 4.80 Å². The number of rotatable bonds is 6. The van der Waals surface area contributed by atoms with Crippen LogP contribution in [0.3, 0.4) is 0 Å². The molecule has 0 bridgehead atoms. The first-order valence-electron chi connectivity index (χ1n) is 10.2. The summed E-state index contributed by atoms with van der Waals surface area (Å²) in [5.41, 5.74) is 6.08. The average Bonchev–Trinajstić information content (AvgIpc) is 3.24. The minimum Gasteiger partial charge on any atom is -0.334 e. The summed E-state index contributed by atoms with van der Waals surface area (Å²) in [5, 5.41) is 12.7. The summed E-state index contributed by atoms with van der Waals surface area (Å²) < 4.78 is 0. The van der Waals surface area contributed by atoms with Crippen molar-refractivity contribution in [1.29, 1.82) is 0 Å². The second kappa shape index (κ2) is 8.52. The molecule has 0 saturated carbocycles. The van der Waals surface area contributed by atoms with Crippen LogP contribution in [0.5, 0.6) is 0 Å². The molecule has 0 atom stereocenters. The van der Waals surface area contributed by atoms with Crippen molar-refractivity contribution in [3.05, 3.63) is 64.7 Å². The van der Waals surface area contributed by atoms with Crippen molar-refractivity contribution in [2.24, 2.45) is 0 Å². The lowest BCUT2D eigenvalue weighted by molar-refractivity contribution is 0.0991. The number of nitrogens with zero attached hydrogens (tertiary/aromatic N) is 7. The van der Waals surface area contributed by atoms with Gasteiger partial charge in [0.25, 0.3) is 5.95 Å². The van der Waals surface area contributed by atoms with E-state index >= 15 is 0 Å². The fraction of sp³-hybridized carbons (Fsp3) is 0.364. The smallest absolute Gasteiger partial charge is 0.266 e. The van der Waals surface area contributed by atoms with Gasteiger partial charge in [0.05, 0.1) is 17.8 Å². The quantitative estimate of drug-likeness (QED) is 0.585. The molecule has 0 N–H and O–H groups in total. The Morgan fingerprint density at radius 3 is 2.67 bits per heavy atom. The van der Waals surface area contributed by atoms with Crippen LogP contribution in [0.2, 0.25) is 0 Å². The van der Waals surface area contributed by atoms with Crippen molar-refractivity contribution >= 4 is 17.3 Å². The number of carbonyl (C=O) groups is 1. The van der Waals surface area contributed by atoms with E-state index < -0.39 is 0 Å². The van der Waals surface area contributed by atoms with E-state index in [0.29, 0.717) is 30.2 Å². The third-order valence-electron chi connectivity index (χ3n) is 5.51. The van der Waals surface area contributed by atoms with Gasteiger partial charge in [0, 0.05) is 25.7 Å². The molecular formula is C22H25N7O. The Morgan fingerprint density at radius 2 is 1.97 bits per heavy atom. The van der Waals surface area contributed by atoms with E-state index in [2.05, 4.69) is 49.3 Å². The van der Waals surface area contributed by atoms with Crippen LogP contribution in [0.25, 0.3) is 5.57 Å². The van der Waals surface area contributed by atoms with Crippen molar-refractivity contribution in [2.45, 2.75) is 40.2 Å². The van der Waals surface area contributed by atoms with Gasteiger partial charge in [-0.1, -0.05) is 34.9 Å². The summed E-state index contributed by atoms with van der Waals surface area (Å²) in [4.78, 5) is 24.4. The van der Waals surface area contributed by atoms with Gasteiger partial charge >= 0.3 is 0 Å². The largest absolute Gasteiger partial charge is 0.334 e. The van der Waals surface area contributed by atoms with E-state index in [1.807, 2.05) is 26.0 Å². The standard InChI is InChI=1S/C22H25N7O/c1-4-29-26-22(25-27-29)28-10-9-15(2)20(13-28)18-7-5-17(6-8-18)11-21(30)19-12-23-14-24-16(19)3/h5-8,12,14H,4,9-11,13H2,1-3H3. The first-order valence-corrected chi connectivity index (χ1v) is 10.2. The van der Waals surface area contributed by atoms with Crippen molar-refractivity contribution in [1.82, 2.24) is 30.2 Å². The van der Waals surface area contributed by atoms with Gasteiger partial charge in [-0.25, -0.2) is 9.97 Å². The van der Waals surface area contributed by atoms with Crippen molar-refractivity contribution < 1.29 is 4.79 Å². The number of Topliss-reactive ketones (excluding diaryl/α,β-unsaturated/α-hetero) is 1. The summed E-state index contributed by atoms with van der Waals surface area (Å²) in [6.07, 6.45) is 4.35. The van der Waals surface area contributed by atoms with E-state index in [4.69, 9.17) is 0 Å². The zero-order valence-corrected chi connectivity index (χ0v) is 17.5. The van der Waals surface area contributed by atoms with Gasteiger partial charge in [-0.3, -0.25) is 4.79 Å². The number of anilines is 1. The Kier molecular flexibility index (Phi) is 5.65. The fourth-order valence-corrected chi connectivity index (χ4v) is 3.63. The average molecular weight is 403 g/mol. The lowest BCUT2D eigenvalue weighted by atomic mass is 9.93. The molecule has 3 aromatic rings. The predicted octanol–water partition coefficient (Wildman–Crippen LogP) is 2.90. The Hall–Kier alpha value is -3.42. The summed E-state index contributed by atoms with van der Waals surface area (Å²) >= 11 is 0. The Bertz CT molecular complexity index is 1080. The van der Waals surface area contributed by atoms with Gasteiger partial charge in [0.2, 0.25) is 0 Å². The van der Waals surface area contributed by atoms with Crippen molar-refractivity contribution in [3.8, 4) is 0 Å². The maximum atomic E-state index is 12.6. The molecule has 1 aliphatic heterocycles. The normalized spacial score (nSPS) is 14.3. The van der Waals surface area contributed by atoms with Crippen LogP contribution in [-0.4, -0.2) is 49.0 Å². The van der Waals surface area contributed by atoms with Crippen molar-refractivity contribution in [3.63, 3.8) is 0 Å². The number of tetrazole rings is 1. The third-order valence-corrected chi connectivity index (χ3v) is 5.51. The monoisotopic (exact) mass is 403 g/mol. The molecule has 3 heterocycles. The molecule has 0 unspecified atom stereocenters. The van der Waals surface area contributed by atoms with Crippen LogP contribution >= 0.6 is 0 Å². The zero-order valence-electron chi connectivity index (χ0n) is 17.5. The second-order valence-corrected chi connectivity index (χ2v) is 7.53. The first-order chi connectivity index (χ1) is 14.5. The van der Waals surface area contributed by atoms with Gasteiger partial charge in [-0.15, -0.1) is 5.10 Å². The highest BCUT2D eigenvalue weighted by molar-refractivity contribution is 5.98. The third kappa shape index (κ3) is 4.12. The van der Waals surface area contributed by atoms with Gasteiger partial charge in [0.1, 0.15) is 6.33 Å². The Labute approximate surface area is 175 Å². The summed E-state index contributed by atoms with van der Waals surface area (Å²) in [5.74, 6) is 0.703. The lowest BCUT2D eigenvalue weighted by Gasteiger charge is -2.29. The van der Waals surface area contributed by atoms with E-state index in [9.17, 15) is 4.79 Å². The highest BCUT2D eigenvalue weighted by Crippen LogP contribution is 2.28. The highest BCUT2D eigenvalue weighted by atomic mass is 16.1. The number of aromatic nitrogens is 6. The van der Waals surface area contributed by atoms with E-state index in [1.165, 1.54) is 17.5 Å². The molecule has 1 aromatic carbocycles. The first kappa shape index (κ1) is 19.9. The van der Waals surface area contributed by atoms with Gasteiger partial charge in [-0.05, 0) is 49.1 Å². The van der Waals surface area contributed by atoms with Gasteiger partial charge in [0.15, 0.2) is 5.78 Å². The van der Waals surface area contributed by atoms with E-state index in [-0.39, 0.29) is 5.78 Å². The number of ketones is 1. The molecule has 4 rings (SSSR count). The van der Waals surface area contributed by atoms with Crippen LogP contribution in [0.1, 0.15) is 47.4 Å². The Morgan fingerprint density at radius 1 is 1.17 bits per heavy atom. The number of benzene rings is 1. The number of hydrogen-bond donors (Lipinski definition) is 0. The molecule has 0 saturated heterocycles. The van der Waals surface area contributed by atoms with Crippen LogP contribution in [0.15, 0.2) is 42.4 Å². The molecule has 8 heteroatoms. The number of aryl methyl sites for hydroxylation is 2. The van der Waals surface area contributed by atoms with Gasteiger partial charge < -0.3 is 4.90 Å². The molecule has 0 fully saturated rings. The highest BCUT2D eigenvalue weighted by Gasteiger charge is 2.21. The van der Waals surface area contributed by atoms with Crippen molar-refractivity contribution in [2.75, 3.05) is 18.0 Å². The topological polar surface area (TPSA) is 89.7 Å². The molecule has 0 aliphatic carbocycles. The molecule has 0 amide bonds. The van der Waals surface area contributed by atoms with E-state index in [1.54, 1.807) is 11.0 Å². The molecule has 0 spiro atoms. The van der Waals surface area contributed by atoms with Crippen LogP contribution in [0.4, 0.5) is 5.95 Å². The molecule has 8 nitrogen and oxygen atoms in total. The summed E-state index contributed by atoms with van der Waals surface area (Å²) in [7, 11) is 0. The maximum Gasteiger partial charge on any atom is 0.266 e. The molecule has 154 valence electrons. The molecule has 2 aromatic heterocycles. The fourth-order valence-electron chi connectivity index (χ4n) is 3.63. The molecule has 0 radical (unpaired) electrons. The SMILES string of the molecule is CCn1nnc(N2CCC(C)=C(c3ccc(CC(=O)c4cncnc4C)cc3)C2)n1. The van der Waals surface area contributed by atoms with Crippen LogP contribution in [-0.2, 0) is 13.0 Å². The minimum atomic E-state index is 0.0326. The zero-order chi connectivity index (χ0) is 21.1. The molecule has 30 heavy (non-hydrogen) atoms. The maximum absolute atomic E-state index is 12.6. The predicted molar refractivity (Wildman–Crippen MR) is 114 cm³/mol. The summed E-state index contributed by atoms with van der Waals surface area (Å²) in [6.45, 7) is 8.34. The summed E-state index contributed by atoms with van der Waals surface area (Å²) in [6, 6.07) is 8.24. The number of carbonyl (C=O) groups excluding carboxylic acids is 1. The van der Waals surface area contributed by atoms with Crippen LogP contribution in [0, 0.1) is 6.92 Å². The number of hydrogen-bond acceptors (Lipinski definition) is 7. The second-order valence-electron chi connectivity index (χ2n) is 7.53. The lowest BCUT2D eigenvalue weighted by Crippen LogP contribution is -2.31. The van der Waals surface area contributed by atoms with E-state index in [0.717, 1.165) is 30.6 Å². The minimum absolute atomic E-state index is 0.0326. The molecule has 1 aliphatic rings. The Balaban J connectivity index is 1.48.